The van der Waals surface area contributed by atoms with Gasteiger partial charge in [-0.05, 0) is 56.6 Å². The molecule has 0 fully saturated rings. The lowest BCUT2D eigenvalue weighted by Gasteiger charge is -2.19. The first-order chi connectivity index (χ1) is 9.56. The molecule has 1 atom stereocenters. The molecule has 0 aliphatic carbocycles. The number of aryl methyl sites for hydroxylation is 1. The Kier molecular flexibility index (Phi) is 4.85. The van der Waals surface area contributed by atoms with E-state index in [-0.39, 0.29) is 0 Å². The molecule has 0 saturated heterocycles. The zero-order chi connectivity index (χ0) is 14.5. The first kappa shape index (κ1) is 14.7. The summed E-state index contributed by atoms with van der Waals surface area (Å²) in [7, 11) is 2.15. The third-order valence-corrected chi connectivity index (χ3v) is 3.86. The van der Waals surface area contributed by atoms with Crippen LogP contribution in [0.4, 0.5) is 5.69 Å². The van der Waals surface area contributed by atoms with Gasteiger partial charge in [0.2, 0.25) is 0 Å². The number of rotatable bonds is 6. The van der Waals surface area contributed by atoms with Gasteiger partial charge in [0.25, 0.3) is 0 Å². The van der Waals surface area contributed by atoms with Crippen LogP contribution in [0.15, 0.2) is 41.0 Å². The van der Waals surface area contributed by atoms with Crippen LogP contribution in [0.5, 0.6) is 0 Å². The highest BCUT2D eigenvalue weighted by Crippen LogP contribution is 2.21. The van der Waals surface area contributed by atoms with Gasteiger partial charge in [-0.25, -0.2) is 0 Å². The Morgan fingerprint density at radius 2 is 1.90 bits per heavy atom. The van der Waals surface area contributed by atoms with Crippen LogP contribution in [0, 0.1) is 6.92 Å². The molecule has 0 amide bonds. The normalized spacial score (nSPS) is 12.8. The number of nitrogens with two attached hydrogens (primary N) is 1. The highest BCUT2D eigenvalue weighted by molar-refractivity contribution is 5.40. The molecule has 20 heavy (non-hydrogen) atoms. The standard InChI is InChI=1S/C17H24N2O/c1-13(15-4-6-17(18)7-5-15)8-10-19(3)12-16-9-11-20-14(16)2/h4-7,9,11,13H,8,10,12,18H2,1-3H3. The molecule has 0 aliphatic rings. The van der Waals surface area contributed by atoms with Crippen LogP contribution in [-0.4, -0.2) is 18.5 Å². The molecule has 2 rings (SSSR count). The quantitative estimate of drug-likeness (QED) is 0.813. The molecule has 3 nitrogen and oxygen atoms in total. The summed E-state index contributed by atoms with van der Waals surface area (Å²) in [6.45, 7) is 6.29. The average molecular weight is 272 g/mol. The molecule has 0 radical (unpaired) electrons. The lowest BCUT2D eigenvalue weighted by atomic mass is 9.97. The minimum atomic E-state index is 0.545. The molecule has 1 heterocycles. The van der Waals surface area contributed by atoms with Crippen LogP contribution < -0.4 is 5.73 Å². The van der Waals surface area contributed by atoms with Crippen LogP contribution in [-0.2, 0) is 6.54 Å². The Morgan fingerprint density at radius 3 is 2.50 bits per heavy atom. The van der Waals surface area contributed by atoms with Gasteiger partial charge in [-0.3, -0.25) is 0 Å². The van der Waals surface area contributed by atoms with Crippen molar-refractivity contribution in [2.75, 3.05) is 19.3 Å². The van der Waals surface area contributed by atoms with E-state index in [2.05, 4.69) is 37.1 Å². The van der Waals surface area contributed by atoms with Crippen LogP contribution >= 0.6 is 0 Å². The molecule has 2 N–H and O–H groups in total. The Morgan fingerprint density at radius 1 is 1.20 bits per heavy atom. The summed E-state index contributed by atoms with van der Waals surface area (Å²) in [5.41, 5.74) is 9.17. The summed E-state index contributed by atoms with van der Waals surface area (Å²) in [6, 6.07) is 10.3. The van der Waals surface area contributed by atoms with Gasteiger partial charge in [0.1, 0.15) is 5.76 Å². The van der Waals surface area contributed by atoms with Gasteiger partial charge >= 0.3 is 0 Å². The highest BCUT2D eigenvalue weighted by atomic mass is 16.3. The molecular weight excluding hydrogens is 248 g/mol. The molecular formula is C17H24N2O. The molecule has 108 valence electrons. The topological polar surface area (TPSA) is 42.4 Å². The molecule has 3 heteroatoms. The van der Waals surface area contributed by atoms with Gasteiger partial charge in [-0.1, -0.05) is 19.1 Å². The third kappa shape index (κ3) is 3.87. The van der Waals surface area contributed by atoms with Crippen molar-refractivity contribution in [3.05, 3.63) is 53.5 Å². The van der Waals surface area contributed by atoms with Gasteiger partial charge in [-0.2, -0.15) is 0 Å². The third-order valence-electron chi connectivity index (χ3n) is 3.86. The molecule has 1 aromatic heterocycles. The van der Waals surface area contributed by atoms with E-state index in [1.54, 1.807) is 6.26 Å². The second kappa shape index (κ2) is 6.62. The van der Waals surface area contributed by atoms with E-state index in [0.717, 1.165) is 31.0 Å². The van der Waals surface area contributed by atoms with E-state index in [0.29, 0.717) is 5.92 Å². The maximum absolute atomic E-state index is 5.72. The summed E-state index contributed by atoms with van der Waals surface area (Å²) < 4.78 is 5.33. The number of hydrogen-bond donors (Lipinski definition) is 1. The zero-order valence-corrected chi connectivity index (χ0v) is 12.6. The Hall–Kier alpha value is -1.74. The van der Waals surface area contributed by atoms with Crippen molar-refractivity contribution in [1.29, 1.82) is 0 Å². The van der Waals surface area contributed by atoms with Crippen LogP contribution in [0.1, 0.15) is 36.1 Å². The van der Waals surface area contributed by atoms with Crippen molar-refractivity contribution in [3.63, 3.8) is 0 Å². The fourth-order valence-corrected chi connectivity index (χ4v) is 2.35. The zero-order valence-electron chi connectivity index (χ0n) is 12.6. The van der Waals surface area contributed by atoms with Crippen molar-refractivity contribution in [2.45, 2.75) is 32.7 Å². The molecule has 1 aromatic carbocycles. The number of nitrogen functional groups attached to an aromatic ring is 1. The van der Waals surface area contributed by atoms with Crippen LogP contribution in [0.2, 0.25) is 0 Å². The van der Waals surface area contributed by atoms with Gasteiger partial charge in [0.15, 0.2) is 0 Å². The molecule has 2 aromatic rings. The fourth-order valence-electron chi connectivity index (χ4n) is 2.35. The minimum Gasteiger partial charge on any atom is -0.469 e. The summed E-state index contributed by atoms with van der Waals surface area (Å²) in [5.74, 6) is 1.56. The van der Waals surface area contributed by atoms with E-state index < -0.39 is 0 Å². The van der Waals surface area contributed by atoms with Crippen LogP contribution in [0.3, 0.4) is 0 Å². The van der Waals surface area contributed by atoms with E-state index >= 15 is 0 Å². The molecule has 0 bridgehead atoms. The first-order valence-electron chi connectivity index (χ1n) is 7.13. The lowest BCUT2D eigenvalue weighted by molar-refractivity contribution is 0.311. The maximum Gasteiger partial charge on any atom is 0.105 e. The van der Waals surface area contributed by atoms with Gasteiger partial charge in [-0.15, -0.1) is 0 Å². The Labute approximate surface area is 121 Å². The summed E-state index contributed by atoms with van der Waals surface area (Å²) >= 11 is 0. The highest BCUT2D eigenvalue weighted by Gasteiger charge is 2.09. The number of hydrogen-bond acceptors (Lipinski definition) is 3. The number of benzene rings is 1. The second-order valence-corrected chi connectivity index (χ2v) is 5.60. The van der Waals surface area contributed by atoms with Crippen molar-refractivity contribution >= 4 is 5.69 Å². The lowest BCUT2D eigenvalue weighted by Crippen LogP contribution is -2.20. The summed E-state index contributed by atoms with van der Waals surface area (Å²) in [5, 5.41) is 0. The predicted octanol–water partition coefficient (Wildman–Crippen LogP) is 3.80. The molecule has 1 unspecified atom stereocenters. The number of anilines is 1. The van der Waals surface area contributed by atoms with Crippen molar-refractivity contribution in [3.8, 4) is 0 Å². The van der Waals surface area contributed by atoms with Crippen molar-refractivity contribution in [2.24, 2.45) is 0 Å². The minimum absolute atomic E-state index is 0.545. The molecule has 0 spiro atoms. The van der Waals surface area contributed by atoms with E-state index in [1.165, 1.54) is 11.1 Å². The number of nitrogens with zero attached hydrogens (tertiary/aromatic N) is 1. The van der Waals surface area contributed by atoms with Gasteiger partial charge < -0.3 is 15.1 Å². The van der Waals surface area contributed by atoms with Gasteiger partial charge in [0, 0.05) is 17.8 Å². The maximum atomic E-state index is 5.72. The Bertz CT molecular complexity index is 530. The molecule has 0 saturated carbocycles. The van der Waals surface area contributed by atoms with Crippen molar-refractivity contribution < 1.29 is 4.42 Å². The Balaban J connectivity index is 1.82. The van der Waals surface area contributed by atoms with E-state index in [9.17, 15) is 0 Å². The predicted molar refractivity (Wildman–Crippen MR) is 83.7 cm³/mol. The molecule has 0 aliphatic heterocycles. The van der Waals surface area contributed by atoms with E-state index in [4.69, 9.17) is 10.2 Å². The monoisotopic (exact) mass is 272 g/mol. The van der Waals surface area contributed by atoms with E-state index in [1.807, 2.05) is 19.1 Å². The smallest absolute Gasteiger partial charge is 0.105 e. The fraction of sp³-hybridized carbons (Fsp3) is 0.412. The van der Waals surface area contributed by atoms with Gasteiger partial charge in [0.05, 0.1) is 6.26 Å². The van der Waals surface area contributed by atoms with Crippen LogP contribution in [0.25, 0.3) is 0 Å². The van der Waals surface area contributed by atoms with Crippen molar-refractivity contribution in [1.82, 2.24) is 4.90 Å². The average Bonchev–Trinajstić information content (AvgIpc) is 2.82. The first-order valence-corrected chi connectivity index (χ1v) is 7.13. The summed E-state index contributed by atoms with van der Waals surface area (Å²) in [6.07, 6.45) is 2.90. The second-order valence-electron chi connectivity index (χ2n) is 5.60. The number of furan rings is 1. The SMILES string of the molecule is Cc1occc1CN(C)CCC(C)c1ccc(N)cc1. The summed E-state index contributed by atoms with van der Waals surface area (Å²) in [4.78, 5) is 2.34. The largest absolute Gasteiger partial charge is 0.469 e.